The predicted molar refractivity (Wildman–Crippen MR) is 140 cm³/mol. The number of sulfonamides is 1. The second-order valence-electron chi connectivity index (χ2n) is 9.10. The molecule has 1 unspecified atom stereocenters. The minimum absolute atomic E-state index is 0.0729. The van der Waals surface area contributed by atoms with Crippen molar-refractivity contribution in [1.29, 1.82) is 0 Å². The second-order valence-corrected chi connectivity index (χ2v) is 11.4. The van der Waals surface area contributed by atoms with E-state index >= 15 is 0 Å². The number of hydrogen-bond acceptors (Lipinski definition) is 4. The minimum Gasteiger partial charge on any atom is -0.352 e. The van der Waals surface area contributed by atoms with Gasteiger partial charge in [0.2, 0.25) is 21.8 Å². The topological polar surface area (TPSA) is 86.8 Å². The number of nitrogens with zero attached hydrogens (tertiary/aromatic N) is 2. The van der Waals surface area contributed by atoms with Crippen LogP contribution in [-0.4, -0.2) is 56.6 Å². The first-order valence-corrected chi connectivity index (χ1v) is 14.4. The molecule has 0 aliphatic heterocycles. The summed E-state index contributed by atoms with van der Waals surface area (Å²) in [6.45, 7) is 1.53. The lowest BCUT2D eigenvalue weighted by Gasteiger charge is -2.33. The summed E-state index contributed by atoms with van der Waals surface area (Å²) in [5, 5.41) is 2.82. The van der Waals surface area contributed by atoms with Crippen molar-refractivity contribution in [3.8, 4) is 0 Å². The predicted octanol–water partition coefficient (Wildman–Crippen LogP) is 4.15. The van der Waals surface area contributed by atoms with E-state index in [1.54, 1.807) is 0 Å². The first kappa shape index (κ1) is 27.9. The molecule has 0 saturated heterocycles. The van der Waals surface area contributed by atoms with Gasteiger partial charge in [0, 0.05) is 12.6 Å². The summed E-state index contributed by atoms with van der Waals surface area (Å²) in [6, 6.07) is 12.4. The lowest BCUT2D eigenvalue weighted by atomic mass is 10.1. The highest BCUT2D eigenvalue weighted by atomic mass is 35.5. The summed E-state index contributed by atoms with van der Waals surface area (Å²) >= 11 is 5.88. The largest absolute Gasteiger partial charge is 0.352 e. The molecule has 0 radical (unpaired) electrons. The molecule has 0 aromatic heterocycles. The molecular weight excluding hydrogens is 505 g/mol. The van der Waals surface area contributed by atoms with E-state index in [9.17, 15) is 22.4 Å². The van der Waals surface area contributed by atoms with Crippen molar-refractivity contribution in [3.63, 3.8) is 0 Å². The van der Waals surface area contributed by atoms with Gasteiger partial charge >= 0.3 is 0 Å². The molecule has 0 heterocycles. The third-order valence-corrected chi connectivity index (χ3v) is 7.87. The SMILES string of the molecule is CCC(C(=O)NC1CCCC1)N(CCc1ccccc1)C(=O)CN(c1ccc(F)c(Cl)c1)S(C)(=O)=O. The van der Waals surface area contributed by atoms with Gasteiger partial charge in [-0.2, -0.15) is 0 Å². The van der Waals surface area contributed by atoms with Crippen molar-refractivity contribution in [2.24, 2.45) is 0 Å². The molecule has 2 amide bonds. The van der Waals surface area contributed by atoms with Crippen LogP contribution in [0, 0.1) is 5.82 Å². The Kier molecular flexibility index (Phi) is 9.73. The Labute approximate surface area is 217 Å². The molecule has 0 spiro atoms. The summed E-state index contributed by atoms with van der Waals surface area (Å²) in [7, 11) is -3.91. The highest BCUT2D eigenvalue weighted by Gasteiger charge is 2.32. The number of hydrogen-bond donors (Lipinski definition) is 1. The standard InChI is InChI=1S/C26H33ClFN3O4S/c1-3-24(26(33)29-20-11-7-8-12-20)30(16-15-19-9-5-4-6-10-19)25(32)18-31(36(2,34)35)21-13-14-23(28)22(27)17-21/h4-6,9-10,13-14,17,20,24H,3,7-8,11-12,15-16,18H2,1-2H3,(H,29,33). The molecule has 1 atom stereocenters. The van der Waals surface area contributed by atoms with Crippen LogP contribution in [0.5, 0.6) is 0 Å². The molecule has 1 N–H and O–H groups in total. The number of benzene rings is 2. The van der Waals surface area contributed by atoms with Gasteiger partial charge in [-0.1, -0.05) is 61.7 Å². The smallest absolute Gasteiger partial charge is 0.244 e. The Bertz CT molecular complexity index is 1160. The summed E-state index contributed by atoms with van der Waals surface area (Å²) in [6.07, 6.45) is 5.78. The van der Waals surface area contributed by atoms with Gasteiger partial charge in [-0.3, -0.25) is 13.9 Å². The monoisotopic (exact) mass is 537 g/mol. The molecule has 196 valence electrons. The molecule has 2 aromatic rings. The number of carbonyl (C=O) groups excluding carboxylic acids is 2. The Hall–Kier alpha value is -2.65. The van der Waals surface area contributed by atoms with E-state index in [1.807, 2.05) is 37.3 Å². The van der Waals surface area contributed by atoms with Crippen LogP contribution in [0.2, 0.25) is 5.02 Å². The number of amides is 2. The van der Waals surface area contributed by atoms with E-state index in [1.165, 1.54) is 17.0 Å². The van der Waals surface area contributed by atoms with Gasteiger partial charge in [0.25, 0.3) is 0 Å². The lowest BCUT2D eigenvalue weighted by Crippen LogP contribution is -2.54. The Morgan fingerprint density at radius 2 is 1.81 bits per heavy atom. The Morgan fingerprint density at radius 3 is 2.39 bits per heavy atom. The van der Waals surface area contributed by atoms with Crippen molar-refractivity contribution < 1.29 is 22.4 Å². The molecule has 3 rings (SSSR count). The molecule has 7 nitrogen and oxygen atoms in total. The highest BCUT2D eigenvalue weighted by Crippen LogP contribution is 2.25. The van der Waals surface area contributed by atoms with Gasteiger partial charge < -0.3 is 10.2 Å². The molecule has 0 bridgehead atoms. The first-order valence-electron chi connectivity index (χ1n) is 12.2. The molecule has 2 aromatic carbocycles. The third-order valence-electron chi connectivity index (χ3n) is 6.44. The molecule has 36 heavy (non-hydrogen) atoms. The van der Waals surface area contributed by atoms with Crippen molar-refractivity contribution in [3.05, 3.63) is 64.9 Å². The maximum Gasteiger partial charge on any atom is 0.244 e. The fourth-order valence-electron chi connectivity index (χ4n) is 4.52. The van der Waals surface area contributed by atoms with E-state index in [0.29, 0.717) is 12.8 Å². The summed E-state index contributed by atoms with van der Waals surface area (Å²) in [5.41, 5.74) is 1.07. The average molecular weight is 538 g/mol. The van der Waals surface area contributed by atoms with Crippen LogP contribution in [-0.2, 0) is 26.0 Å². The summed E-state index contributed by atoms with van der Waals surface area (Å²) in [4.78, 5) is 28.3. The van der Waals surface area contributed by atoms with Gasteiger partial charge in [0.1, 0.15) is 18.4 Å². The Morgan fingerprint density at radius 1 is 1.14 bits per heavy atom. The summed E-state index contributed by atoms with van der Waals surface area (Å²) < 4.78 is 39.8. The van der Waals surface area contributed by atoms with Crippen LogP contribution in [0.15, 0.2) is 48.5 Å². The molecule has 1 fully saturated rings. The van der Waals surface area contributed by atoms with Crippen molar-refractivity contribution >= 4 is 39.1 Å². The van der Waals surface area contributed by atoms with Crippen LogP contribution >= 0.6 is 11.6 Å². The molecule has 1 saturated carbocycles. The zero-order valence-electron chi connectivity index (χ0n) is 20.6. The van der Waals surface area contributed by atoms with Crippen molar-refractivity contribution in [2.45, 2.75) is 57.5 Å². The van der Waals surface area contributed by atoms with E-state index in [-0.39, 0.29) is 29.2 Å². The fraction of sp³-hybridized carbons (Fsp3) is 0.462. The number of anilines is 1. The zero-order valence-corrected chi connectivity index (χ0v) is 22.2. The van der Waals surface area contributed by atoms with Gasteiger partial charge in [0.05, 0.1) is 17.0 Å². The van der Waals surface area contributed by atoms with Crippen molar-refractivity contribution in [2.75, 3.05) is 23.7 Å². The van der Waals surface area contributed by atoms with E-state index < -0.39 is 34.3 Å². The zero-order chi connectivity index (χ0) is 26.3. The highest BCUT2D eigenvalue weighted by molar-refractivity contribution is 7.92. The normalized spacial score (nSPS) is 14.9. The van der Waals surface area contributed by atoms with Crippen LogP contribution in [0.4, 0.5) is 10.1 Å². The maximum atomic E-state index is 13.7. The van der Waals surface area contributed by atoms with Gasteiger partial charge in [-0.25, -0.2) is 12.8 Å². The first-order chi connectivity index (χ1) is 17.1. The molecule has 1 aliphatic carbocycles. The molecule has 1 aliphatic rings. The van der Waals surface area contributed by atoms with E-state index in [2.05, 4.69) is 5.32 Å². The molecular formula is C26H33ClFN3O4S. The van der Waals surface area contributed by atoms with E-state index in [0.717, 1.165) is 47.9 Å². The van der Waals surface area contributed by atoms with Crippen LogP contribution in [0.3, 0.4) is 0 Å². The number of halogens is 2. The van der Waals surface area contributed by atoms with Crippen LogP contribution in [0.25, 0.3) is 0 Å². The van der Waals surface area contributed by atoms with Gasteiger partial charge in [0.15, 0.2) is 0 Å². The molecule has 10 heteroatoms. The van der Waals surface area contributed by atoms with Gasteiger partial charge in [-0.15, -0.1) is 0 Å². The number of carbonyl (C=O) groups is 2. The lowest BCUT2D eigenvalue weighted by molar-refractivity contribution is -0.139. The van der Waals surface area contributed by atoms with Gasteiger partial charge in [-0.05, 0) is 49.4 Å². The number of rotatable bonds is 11. The second kappa shape index (κ2) is 12.5. The van der Waals surface area contributed by atoms with Crippen LogP contribution in [0.1, 0.15) is 44.6 Å². The fourth-order valence-corrected chi connectivity index (χ4v) is 5.53. The maximum absolute atomic E-state index is 13.7. The van der Waals surface area contributed by atoms with E-state index in [4.69, 9.17) is 11.6 Å². The van der Waals surface area contributed by atoms with Crippen molar-refractivity contribution in [1.82, 2.24) is 10.2 Å². The Balaban J connectivity index is 1.87. The average Bonchev–Trinajstić information content (AvgIpc) is 3.34. The summed E-state index contributed by atoms with van der Waals surface area (Å²) in [5.74, 6) is -1.45. The minimum atomic E-state index is -3.91. The number of nitrogens with one attached hydrogen (secondary N) is 1. The quantitative estimate of drug-likeness (QED) is 0.466. The van der Waals surface area contributed by atoms with Crippen LogP contribution < -0.4 is 9.62 Å². The third kappa shape index (κ3) is 7.43.